The number of amides is 1. The van der Waals surface area contributed by atoms with E-state index in [1.54, 1.807) is 12.4 Å². The minimum absolute atomic E-state index is 0.000513. The lowest BCUT2D eigenvalue weighted by Crippen LogP contribution is -2.52. The van der Waals surface area contributed by atoms with Gasteiger partial charge in [-0.25, -0.2) is 9.97 Å². The highest BCUT2D eigenvalue weighted by Gasteiger charge is 2.65. The van der Waals surface area contributed by atoms with E-state index in [-0.39, 0.29) is 10.8 Å². The van der Waals surface area contributed by atoms with Gasteiger partial charge in [0.2, 0.25) is 11.9 Å². The maximum atomic E-state index is 13.4. The Balaban J connectivity index is 1.39. The fraction of sp³-hybridized carbons (Fsp3) is 0.545. The summed E-state index contributed by atoms with van der Waals surface area (Å²) in [5, 5.41) is 0. The van der Waals surface area contributed by atoms with Gasteiger partial charge in [0.1, 0.15) is 0 Å². The number of pyridine rings is 1. The number of fused-ring (bicyclic) bond motifs is 1. The number of likely N-dealkylation sites (tertiary alicyclic amines) is 2. The Morgan fingerprint density at radius 3 is 2.45 bits per heavy atom. The van der Waals surface area contributed by atoms with Crippen molar-refractivity contribution >= 4 is 11.9 Å². The Morgan fingerprint density at radius 2 is 1.79 bits per heavy atom. The molecule has 7 nitrogen and oxygen atoms in total. The highest BCUT2D eigenvalue weighted by Crippen LogP contribution is 2.58. The third-order valence-corrected chi connectivity index (χ3v) is 7.38. The number of hydrogen-bond acceptors (Lipinski definition) is 6. The summed E-state index contributed by atoms with van der Waals surface area (Å²) in [6.45, 7) is 5.41. The molecular formula is C22H28N6O. The van der Waals surface area contributed by atoms with Crippen molar-refractivity contribution in [2.24, 2.45) is 10.8 Å². The van der Waals surface area contributed by atoms with Gasteiger partial charge in [-0.05, 0) is 50.0 Å². The topological polar surface area (TPSA) is 65.5 Å². The van der Waals surface area contributed by atoms with Crippen LogP contribution < -0.4 is 4.90 Å². The van der Waals surface area contributed by atoms with E-state index in [0.29, 0.717) is 5.91 Å². The van der Waals surface area contributed by atoms with Crippen molar-refractivity contribution < 1.29 is 4.79 Å². The van der Waals surface area contributed by atoms with E-state index in [1.807, 2.05) is 36.5 Å². The number of nitrogens with zero attached hydrogens (tertiary/aromatic N) is 6. The first-order chi connectivity index (χ1) is 14.1. The maximum Gasteiger partial charge on any atom is 0.231 e. The van der Waals surface area contributed by atoms with Crippen LogP contribution in [0.5, 0.6) is 0 Å². The molecule has 0 aromatic carbocycles. The number of rotatable bonds is 3. The Morgan fingerprint density at radius 1 is 1.00 bits per heavy atom. The van der Waals surface area contributed by atoms with Gasteiger partial charge in [0.05, 0.1) is 5.41 Å². The van der Waals surface area contributed by atoms with Crippen LogP contribution in [-0.4, -0.2) is 70.4 Å². The number of aromatic nitrogens is 3. The molecule has 0 radical (unpaired) electrons. The first-order valence-corrected chi connectivity index (χ1v) is 10.5. The van der Waals surface area contributed by atoms with Gasteiger partial charge in [-0.3, -0.25) is 14.7 Å². The molecule has 2 spiro atoms. The van der Waals surface area contributed by atoms with Crippen molar-refractivity contribution in [3.05, 3.63) is 48.5 Å². The van der Waals surface area contributed by atoms with E-state index in [4.69, 9.17) is 0 Å². The number of carbonyl (C=O) groups is 1. The molecule has 3 saturated heterocycles. The number of carbonyl (C=O) groups excluding carboxylic acids is 1. The lowest BCUT2D eigenvalue weighted by atomic mass is 9.60. The molecule has 5 rings (SSSR count). The van der Waals surface area contributed by atoms with E-state index < -0.39 is 0 Å². The smallest absolute Gasteiger partial charge is 0.231 e. The maximum absolute atomic E-state index is 13.4. The predicted octanol–water partition coefficient (Wildman–Crippen LogP) is 1.82. The fourth-order valence-electron chi connectivity index (χ4n) is 5.76. The van der Waals surface area contributed by atoms with E-state index in [0.717, 1.165) is 64.5 Å². The van der Waals surface area contributed by atoms with Crippen molar-refractivity contribution in [1.82, 2.24) is 24.8 Å². The third-order valence-electron chi connectivity index (χ3n) is 7.38. The second-order valence-corrected chi connectivity index (χ2v) is 8.88. The van der Waals surface area contributed by atoms with Gasteiger partial charge in [-0.2, -0.15) is 0 Å². The highest BCUT2D eigenvalue weighted by atomic mass is 16.2. The Kier molecular flexibility index (Phi) is 4.50. The monoisotopic (exact) mass is 392 g/mol. The molecule has 0 N–H and O–H groups in total. The molecule has 1 amide bonds. The van der Waals surface area contributed by atoms with Gasteiger partial charge in [-0.15, -0.1) is 0 Å². The zero-order valence-electron chi connectivity index (χ0n) is 17.0. The average Bonchev–Trinajstić information content (AvgIpc) is 3.24. The van der Waals surface area contributed by atoms with E-state index in [1.165, 1.54) is 5.56 Å². The molecule has 3 aliphatic heterocycles. The second-order valence-electron chi connectivity index (χ2n) is 8.88. The van der Waals surface area contributed by atoms with Crippen molar-refractivity contribution in [3.63, 3.8) is 0 Å². The predicted molar refractivity (Wildman–Crippen MR) is 110 cm³/mol. The summed E-state index contributed by atoms with van der Waals surface area (Å²) in [6, 6.07) is 5.98. The lowest BCUT2D eigenvalue weighted by Gasteiger charge is -2.46. The first-order valence-electron chi connectivity index (χ1n) is 10.5. The summed E-state index contributed by atoms with van der Waals surface area (Å²) in [5.41, 5.74) is 0.946. The zero-order valence-corrected chi connectivity index (χ0v) is 17.0. The van der Waals surface area contributed by atoms with Crippen LogP contribution in [0.2, 0.25) is 0 Å². The minimum atomic E-state index is -0.304. The molecule has 3 fully saturated rings. The van der Waals surface area contributed by atoms with Crippen molar-refractivity contribution in [2.75, 3.05) is 44.7 Å². The van der Waals surface area contributed by atoms with Crippen LogP contribution in [0.3, 0.4) is 0 Å². The summed E-state index contributed by atoms with van der Waals surface area (Å²) in [5.74, 6) is 1.07. The number of anilines is 1. The number of hydrogen-bond donors (Lipinski definition) is 0. The van der Waals surface area contributed by atoms with Gasteiger partial charge >= 0.3 is 0 Å². The van der Waals surface area contributed by atoms with Crippen molar-refractivity contribution in [2.45, 2.75) is 25.8 Å². The first kappa shape index (κ1) is 18.5. The van der Waals surface area contributed by atoms with Crippen LogP contribution in [0, 0.1) is 10.8 Å². The van der Waals surface area contributed by atoms with E-state index in [9.17, 15) is 4.79 Å². The molecule has 29 heavy (non-hydrogen) atoms. The van der Waals surface area contributed by atoms with E-state index >= 15 is 0 Å². The van der Waals surface area contributed by atoms with Gasteiger partial charge in [0.25, 0.3) is 0 Å². The Labute approximate surface area is 171 Å². The Hall–Kier alpha value is -2.54. The summed E-state index contributed by atoms with van der Waals surface area (Å²) >= 11 is 0. The second kappa shape index (κ2) is 7.06. The summed E-state index contributed by atoms with van der Waals surface area (Å²) in [4.78, 5) is 33.3. The van der Waals surface area contributed by atoms with Crippen LogP contribution in [-0.2, 0) is 11.3 Å². The van der Waals surface area contributed by atoms with Crippen molar-refractivity contribution in [1.29, 1.82) is 0 Å². The highest BCUT2D eigenvalue weighted by molar-refractivity contribution is 5.87. The molecule has 1 atom stereocenters. The molecule has 0 saturated carbocycles. The van der Waals surface area contributed by atoms with Crippen LogP contribution in [0.1, 0.15) is 24.8 Å². The molecule has 3 aliphatic rings. The largest absolute Gasteiger partial charge is 0.345 e. The summed E-state index contributed by atoms with van der Waals surface area (Å²) < 4.78 is 0. The zero-order chi connectivity index (χ0) is 19.9. The van der Waals surface area contributed by atoms with Gasteiger partial charge in [-0.1, -0.05) is 6.07 Å². The lowest BCUT2D eigenvalue weighted by molar-refractivity contribution is -0.141. The molecule has 0 aliphatic carbocycles. The van der Waals surface area contributed by atoms with Crippen LogP contribution in [0.4, 0.5) is 5.95 Å². The molecular weight excluding hydrogens is 364 g/mol. The van der Waals surface area contributed by atoms with Crippen LogP contribution in [0.15, 0.2) is 43.0 Å². The standard InChI is InChI=1S/C22H28N6O/c1-26-11-7-22(19(26)29)17-28(20-24-9-3-10-25-20)16-21(22)5-12-27(13-6-21)15-18-4-2-8-23-14-18/h2-4,8-10,14H,5-7,11-13,15-17H2,1H3/t22-/m0/s1. The van der Waals surface area contributed by atoms with Crippen LogP contribution in [0.25, 0.3) is 0 Å². The minimum Gasteiger partial charge on any atom is -0.345 e. The summed E-state index contributed by atoms with van der Waals surface area (Å²) in [6.07, 6.45) is 10.4. The van der Waals surface area contributed by atoms with Crippen molar-refractivity contribution in [3.8, 4) is 0 Å². The normalized spacial score (nSPS) is 26.7. The average molecular weight is 393 g/mol. The van der Waals surface area contributed by atoms with Gasteiger partial charge < -0.3 is 9.80 Å². The Bertz CT molecular complexity index is 867. The van der Waals surface area contributed by atoms with Gasteiger partial charge in [0, 0.05) is 63.4 Å². The molecule has 0 unspecified atom stereocenters. The molecule has 2 aromatic rings. The fourth-order valence-corrected chi connectivity index (χ4v) is 5.76. The molecule has 0 bridgehead atoms. The molecule has 2 aromatic heterocycles. The third kappa shape index (κ3) is 2.99. The quantitative estimate of drug-likeness (QED) is 0.794. The molecule has 152 valence electrons. The van der Waals surface area contributed by atoms with E-state index in [2.05, 4.69) is 30.8 Å². The van der Waals surface area contributed by atoms with Gasteiger partial charge in [0.15, 0.2) is 0 Å². The summed E-state index contributed by atoms with van der Waals surface area (Å²) in [7, 11) is 1.95. The SMILES string of the molecule is CN1CC[C@]2(CN(c3ncccn3)CC23CCN(Cc2cccnc2)CC3)C1=O. The number of piperidine rings is 1. The molecule has 5 heterocycles. The molecule has 7 heteroatoms. The van der Waals surface area contributed by atoms with Crippen LogP contribution >= 0.6 is 0 Å².